The van der Waals surface area contributed by atoms with Gasteiger partial charge in [0.2, 0.25) is 0 Å². The molecular weight excluding hydrogens is 484 g/mol. The van der Waals surface area contributed by atoms with Gasteiger partial charge >= 0.3 is 0 Å². The van der Waals surface area contributed by atoms with E-state index in [0.29, 0.717) is 30.5 Å². The number of ketones is 1. The Morgan fingerprint density at radius 2 is 1.95 bits per heavy atom. The van der Waals surface area contributed by atoms with E-state index in [9.17, 15) is 14.7 Å². The smallest absolute Gasteiger partial charge is 0.255 e. The fourth-order valence-corrected chi connectivity index (χ4v) is 7.09. The maximum absolute atomic E-state index is 13.9. The number of hydrogen-bond acceptors (Lipinski definition) is 4. The number of rotatable bonds is 5. The third-order valence-electron chi connectivity index (χ3n) is 9.18. The average Bonchev–Trinajstić information content (AvgIpc) is 2.96. The van der Waals surface area contributed by atoms with Gasteiger partial charge in [-0.15, -0.1) is 0 Å². The molecule has 4 atom stereocenters. The van der Waals surface area contributed by atoms with Crippen LogP contribution in [0.15, 0.2) is 91.2 Å². The van der Waals surface area contributed by atoms with E-state index >= 15 is 0 Å². The molecule has 3 aliphatic carbocycles. The molecule has 1 amide bonds. The molecule has 1 fully saturated rings. The normalized spacial score (nSPS) is 27.5. The Morgan fingerprint density at radius 1 is 1.10 bits per heavy atom. The number of amides is 1. The van der Waals surface area contributed by atoms with Crippen LogP contribution in [0, 0.1) is 18.8 Å². The van der Waals surface area contributed by atoms with Gasteiger partial charge < -0.3 is 10.4 Å². The Bertz CT molecular complexity index is 1480. The number of aliphatic hydroxyl groups is 1. The SMILES string of the molecule is Cc1ncccc1NC(=O)c1ccc2c(c1)CC[C@@H]1C[C@@](O)(C3C=CC=CC3)C(=O)C[C@@]21Cc1ccccc1. The number of hydrogen-bond donors (Lipinski definition) is 2. The number of Topliss-reactive ketones (excluding diaryl/α,β-unsaturated/α-hetero) is 1. The second-order valence-corrected chi connectivity index (χ2v) is 11.4. The molecule has 0 aliphatic heterocycles. The molecule has 2 N–H and O–H groups in total. The van der Waals surface area contributed by atoms with E-state index in [1.54, 1.807) is 6.20 Å². The Labute approximate surface area is 229 Å². The molecule has 1 heterocycles. The zero-order valence-electron chi connectivity index (χ0n) is 22.3. The lowest BCUT2D eigenvalue weighted by Gasteiger charge is -2.54. The standard InChI is InChI=1S/C34H34N2O3/c1-23-30(13-8-18-35-23)36-32(38)26-15-17-29-25(19-26)14-16-28-21-34(39,27-11-6-3-7-12-27)31(37)22-33(28,29)20-24-9-4-2-5-10-24/h2-11,13,15,17-19,27-28,39H,12,14,16,20-22H2,1H3,(H,36,38)/t27?,28-,33-,34-/m1/s1. The zero-order chi connectivity index (χ0) is 27.0. The molecule has 1 aromatic heterocycles. The summed E-state index contributed by atoms with van der Waals surface area (Å²) in [6.07, 6.45) is 13.5. The van der Waals surface area contributed by atoms with Crippen molar-refractivity contribution in [1.29, 1.82) is 0 Å². The van der Waals surface area contributed by atoms with Gasteiger partial charge in [0.15, 0.2) is 5.78 Å². The number of anilines is 1. The van der Waals surface area contributed by atoms with E-state index in [-0.39, 0.29) is 23.5 Å². The summed E-state index contributed by atoms with van der Waals surface area (Å²) in [6.45, 7) is 1.87. The fraction of sp³-hybridized carbons (Fsp3) is 0.324. The van der Waals surface area contributed by atoms with Crippen LogP contribution in [-0.4, -0.2) is 27.4 Å². The minimum Gasteiger partial charge on any atom is -0.381 e. The van der Waals surface area contributed by atoms with Crippen LogP contribution in [0.1, 0.15) is 58.4 Å². The Morgan fingerprint density at radius 3 is 2.72 bits per heavy atom. The molecule has 1 unspecified atom stereocenters. The highest BCUT2D eigenvalue weighted by atomic mass is 16.3. The number of benzene rings is 2. The summed E-state index contributed by atoms with van der Waals surface area (Å²) in [4.78, 5) is 31.4. The first-order chi connectivity index (χ1) is 18.9. The lowest BCUT2D eigenvalue weighted by Crippen LogP contribution is -2.59. The molecule has 2 aromatic carbocycles. The van der Waals surface area contributed by atoms with Gasteiger partial charge in [-0.1, -0.05) is 60.7 Å². The van der Waals surface area contributed by atoms with Crippen molar-refractivity contribution in [1.82, 2.24) is 4.98 Å². The van der Waals surface area contributed by atoms with Gasteiger partial charge in [0, 0.05) is 29.5 Å². The van der Waals surface area contributed by atoms with Gasteiger partial charge in [0.1, 0.15) is 5.60 Å². The van der Waals surface area contributed by atoms with E-state index < -0.39 is 11.0 Å². The number of carbonyl (C=O) groups excluding carboxylic acids is 2. The van der Waals surface area contributed by atoms with Gasteiger partial charge in [-0.2, -0.15) is 0 Å². The lowest BCUT2D eigenvalue weighted by molar-refractivity contribution is -0.154. The molecule has 3 aromatic rings. The summed E-state index contributed by atoms with van der Waals surface area (Å²) in [5.41, 5.74) is 3.76. The number of allylic oxidation sites excluding steroid dienone is 3. The molecule has 3 aliphatic rings. The van der Waals surface area contributed by atoms with Crippen LogP contribution in [0.25, 0.3) is 0 Å². The highest BCUT2D eigenvalue weighted by molar-refractivity contribution is 6.04. The molecular formula is C34H34N2O3. The van der Waals surface area contributed by atoms with Gasteiger partial charge in [0.25, 0.3) is 5.91 Å². The highest BCUT2D eigenvalue weighted by Gasteiger charge is 2.57. The molecule has 1 saturated carbocycles. The van der Waals surface area contributed by atoms with E-state index in [1.807, 2.05) is 73.7 Å². The average molecular weight is 519 g/mol. The van der Waals surface area contributed by atoms with Crippen molar-refractivity contribution in [2.24, 2.45) is 11.8 Å². The largest absolute Gasteiger partial charge is 0.381 e. The van der Waals surface area contributed by atoms with Crippen LogP contribution in [0.4, 0.5) is 5.69 Å². The second-order valence-electron chi connectivity index (χ2n) is 11.4. The highest BCUT2D eigenvalue weighted by Crippen LogP contribution is 2.55. The van der Waals surface area contributed by atoms with Crippen molar-refractivity contribution in [3.05, 3.63) is 119 Å². The number of nitrogens with one attached hydrogen (secondary N) is 1. The van der Waals surface area contributed by atoms with Gasteiger partial charge in [-0.3, -0.25) is 14.6 Å². The quantitative estimate of drug-likeness (QED) is 0.440. The molecule has 198 valence electrons. The maximum atomic E-state index is 13.9. The minimum atomic E-state index is -1.34. The lowest BCUT2D eigenvalue weighted by atomic mass is 9.50. The minimum absolute atomic E-state index is 0.0682. The van der Waals surface area contributed by atoms with Crippen molar-refractivity contribution in [3.8, 4) is 0 Å². The first kappa shape index (κ1) is 25.4. The summed E-state index contributed by atoms with van der Waals surface area (Å²) in [5, 5.41) is 14.8. The summed E-state index contributed by atoms with van der Waals surface area (Å²) in [6, 6.07) is 19.9. The van der Waals surface area contributed by atoms with Crippen molar-refractivity contribution < 1.29 is 14.7 Å². The Balaban J connectivity index is 1.37. The van der Waals surface area contributed by atoms with Crippen molar-refractivity contribution >= 4 is 17.4 Å². The number of nitrogens with zero attached hydrogens (tertiary/aromatic N) is 1. The third-order valence-corrected chi connectivity index (χ3v) is 9.18. The molecule has 0 saturated heterocycles. The van der Waals surface area contributed by atoms with Gasteiger partial charge in [-0.05, 0) is 85.9 Å². The summed E-state index contributed by atoms with van der Waals surface area (Å²) in [7, 11) is 0. The Kier molecular flexibility index (Phi) is 6.56. The van der Waals surface area contributed by atoms with Gasteiger partial charge in [-0.25, -0.2) is 0 Å². The predicted octanol–water partition coefficient (Wildman–Crippen LogP) is 5.91. The number of aryl methyl sites for hydroxylation is 2. The van der Waals surface area contributed by atoms with Crippen LogP contribution in [0.3, 0.4) is 0 Å². The van der Waals surface area contributed by atoms with Gasteiger partial charge in [0.05, 0.1) is 11.4 Å². The van der Waals surface area contributed by atoms with Crippen LogP contribution < -0.4 is 5.32 Å². The van der Waals surface area contributed by atoms with Crippen LogP contribution in [0.2, 0.25) is 0 Å². The van der Waals surface area contributed by atoms with E-state index in [4.69, 9.17) is 0 Å². The summed E-state index contributed by atoms with van der Waals surface area (Å²) < 4.78 is 0. The molecule has 6 rings (SSSR count). The molecule has 5 nitrogen and oxygen atoms in total. The van der Waals surface area contributed by atoms with Crippen LogP contribution in [0.5, 0.6) is 0 Å². The third kappa shape index (κ3) is 4.55. The number of aromatic nitrogens is 1. The topological polar surface area (TPSA) is 79.3 Å². The number of pyridine rings is 1. The van der Waals surface area contributed by atoms with E-state index in [0.717, 1.165) is 36.1 Å². The maximum Gasteiger partial charge on any atom is 0.255 e. The summed E-state index contributed by atoms with van der Waals surface area (Å²) >= 11 is 0. The van der Waals surface area contributed by atoms with Crippen molar-refractivity contribution in [3.63, 3.8) is 0 Å². The fourth-order valence-electron chi connectivity index (χ4n) is 7.09. The summed E-state index contributed by atoms with van der Waals surface area (Å²) in [5.74, 6) is -0.265. The van der Waals surface area contributed by atoms with E-state index in [1.165, 1.54) is 5.56 Å². The molecule has 5 heteroatoms. The first-order valence-electron chi connectivity index (χ1n) is 13.9. The zero-order valence-corrected chi connectivity index (χ0v) is 22.3. The van der Waals surface area contributed by atoms with Crippen LogP contribution in [-0.2, 0) is 23.1 Å². The monoisotopic (exact) mass is 518 g/mol. The molecule has 0 bridgehead atoms. The molecule has 0 radical (unpaired) electrons. The van der Waals surface area contributed by atoms with Crippen molar-refractivity contribution in [2.75, 3.05) is 5.32 Å². The second kappa shape index (κ2) is 10.0. The molecule has 0 spiro atoms. The Hall–Kier alpha value is -3.83. The first-order valence-corrected chi connectivity index (χ1v) is 13.9. The predicted molar refractivity (Wildman–Crippen MR) is 153 cm³/mol. The van der Waals surface area contributed by atoms with E-state index in [2.05, 4.69) is 28.5 Å². The van der Waals surface area contributed by atoms with Crippen LogP contribution >= 0.6 is 0 Å². The van der Waals surface area contributed by atoms with Crippen molar-refractivity contribution in [2.45, 2.75) is 56.5 Å². The number of carbonyl (C=O) groups is 2. The number of fused-ring (bicyclic) bond motifs is 3. The molecule has 39 heavy (non-hydrogen) atoms.